The Labute approximate surface area is 173 Å². The van der Waals surface area contributed by atoms with Crippen LogP contribution in [-0.2, 0) is 4.79 Å². The summed E-state index contributed by atoms with van der Waals surface area (Å²) in [6, 6.07) is -0.680. The Morgan fingerprint density at radius 3 is 2.90 bits per heavy atom. The van der Waals surface area contributed by atoms with Gasteiger partial charge in [0.25, 0.3) is 6.43 Å². The number of carbonyl (C=O) groups excluding carboxylic acids is 1. The van der Waals surface area contributed by atoms with Crippen LogP contribution in [0.2, 0.25) is 0 Å². The number of fused-ring (bicyclic) bond motifs is 2. The van der Waals surface area contributed by atoms with Crippen molar-refractivity contribution in [2.75, 3.05) is 18.9 Å². The summed E-state index contributed by atoms with van der Waals surface area (Å²) in [5.41, 5.74) is -0.324. The van der Waals surface area contributed by atoms with Gasteiger partial charge in [-0.3, -0.25) is 4.79 Å². The Morgan fingerprint density at radius 2 is 2.23 bits per heavy atom. The number of imidazole rings is 1. The zero-order valence-corrected chi connectivity index (χ0v) is 16.2. The number of H-pyrrole nitrogens is 1. The van der Waals surface area contributed by atoms with Crippen molar-refractivity contribution in [1.29, 1.82) is 0 Å². The molecule has 2 saturated carbocycles. The van der Waals surface area contributed by atoms with Crippen molar-refractivity contribution < 1.29 is 23.8 Å². The molecule has 0 saturated heterocycles. The first-order valence-corrected chi connectivity index (χ1v) is 9.59. The standard InChI is InChI=1S/C17H19F2N9O3/c1-20-16(31)17-2-6(17)10(11(29)12(17)30)28-5-22-9-14(21-4-8(18)19)24-13(25-15(9)28)7-3-23-27-26-7/h3,5-6,8,10-12,29-30H,2,4H2,1H3,(H,20,31)(H,21,24,25)(H,23,26,27)/t6-,10-,11+,12+,17+/m1/s1. The molecule has 3 aromatic heterocycles. The molecule has 0 aliphatic heterocycles. The molecule has 0 unspecified atom stereocenters. The third kappa shape index (κ3) is 2.78. The number of hydrogen-bond acceptors (Lipinski definition) is 9. The number of aromatic amines is 1. The number of hydrogen-bond donors (Lipinski definition) is 5. The Balaban J connectivity index is 1.61. The molecule has 0 bridgehead atoms. The third-order valence-corrected chi connectivity index (χ3v) is 6.13. The van der Waals surface area contributed by atoms with E-state index < -0.39 is 36.6 Å². The maximum atomic E-state index is 12.8. The average molecular weight is 435 g/mol. The molecule has 5 N–H and O–H groups in total. The number of carbonyl (C=O) groups is 1. The Kier molecular flexibility index (Phi) is 4.37. The largest absolute Gasteiger partial charge is 0.389 e. The minimum absolute atomic E-state index is 0.0726. The molecule has 2 fully saturated rings. The van der Waals surface area contributed by atoms with Gasteiger partial charge < -0.3 is 25.4 Å². The summed E-state index contributed by atoms with van der Waals surface area (Å²) in [5, 5.41) is 36.5. The molecule has 164 valence electrons. The van der Waals surface area contributed by atoms with Gasteiger partial charge in [-0.1, -0.05) is 0 Å². The lowest BCUT2D eigenvalue weighted by Crippen LogP contribution is -2.41. The molecule has 1 amide bonds. The number of nitrogens with one attached hydrogen (secondary N) is 3. The molecular weight excluding hydrogens is 416 g/mol. The van der Waals surface area contributed by atoms with E-state index in [2.05, 4.69) is 41.0 Å². The number of alkyl halides is 2. The molecule has 3 aromatic rings. The zero-order valence-electron chi connectivity index (χ0n) is 16.2. The summed E-state index contributed by atoms with van der Waals surface area (Å²) in [7, 11) is 1.48. The van der Waals surface area contributed by atoms with Crippen LogP contribution in [0.1, 0.15) is 12.5 Å². The second-order valence-corrected chi connectivity index (χ2v) is 7.70. The molecule has 14 heteroatoms. The predicted octanol–water partition coefficient (Wildman–Crippen LogP) is -0.683. The van der Waals surface area contributed by atoms with Gasteiger partial charge in [-0.2, -0.15) is 15.4 Å². The molecule has 0 radical (unpaired) electrons. The maximum Gasteiger partial charge on any atom is 0.255 e. The van der Waals surface area contributed by atoms with E-state index in [1.165, 1.54) is 19.6 Å². The molecule has 0 spiro atoms. The van der Waals surface area contributed by atoms with Crippen LogP contribution in [0.3, 0.4) is 0 Å². The lowest BCUT2D eigenvalue weighted by Gasteiger charge is -2.23. The second kappa shape index (κ2) is 6.88. The van der Waals surface area contributed by atoms with Gasteiger partial charge in [-0.25, -0.2) is 23.7 Å². The highest BCUT2D eigenvalue weighted by Gasteiger charge is 2.75. The first-order chi connectivity index (χ1) is 14.9. The number of aliphatic hydroxyl groups is 2. The highest BCUT2D eigenvalue weighted by molar-refractivity contribution is 5.88. The van der Waals surface area contributed by atoms with E-state index in [0.717, 1.165) is 0 Å². The van der Waals surface area contributed by atoms with Crippen molar-refractivity contribution in [3.05, 3.63) is 12.5 Å². The summed E-state index contributed by atoms with van der Waals surface area (Å²) in [6.07, 6.45) is -1.94. The molecule has 3 heterocycles. The van der Waals surface area contributed by atoms with Crippen LogP contribution in [-0.4, -0.2) is 83.3 Å². The van der Waals surface area contributed by atoms with Crippen molar-refractivity contribution in [3.63, 3.8) is 0 Å². The molecule has 2 aliphatic carbocycles. The highest BCUT2D eigenvalue weighted by Crippen LogP contribution is 2.67. The lowest BCUT2D eigenvalue weighted by molar-refractivity contribution is -0.132. The van der Waals surface area contributed by atoms with E-state index >= 15 is 0 Å². The quantitative estimate of drug-likeness (QED) is 0.337. The van der Waals surface area contributed by atoms with E-state index in [1.54, 1.807) is 4.57 Å². The summed E-state index contributed by atoms with van der Waals surface area (Å²) >= 11 is 0. The van der Waals surface area contributed by atoms with E-state index in [9.17, 15) is 23.8 Å². The molecule has 5 atom stereocenters. The highest BCUT2D eigenvalue weighted by atomic mass is 19.3. The first-order valence-electron chi connectivity index (χ1n) is 9.59. The van der Waals surface area contributed by atoms with Crippen LogP contribution in [0, 0.1) is 11.3 Å². The van der Waals surface area contributed by atoms with Gasteiger partial charge in [0, 0.05) is 13.0 Å². The topological polar surface area (TPSA) is 167 Å². The minimum Gasteiger partial charge on any atom is -0.389 e. The summed E-state index contributed by atoms with van der Waals surface area (Å²) in [4.78, 5) is 25.3. The number of rotatable bonds is 6. The Bertz CT molecular complexity index is 1140. The van der Waals surface area contributed by atoms with Gasteiger partial charge in [-0.15, -0.1) is 0 Å². The van der Waals surface area contributed by atoms with E-state index in [0.29, 0.717) is 6.42 Å². The van der Waals surface area contributed by atoms with Gasteiger partial charge in [0.15, 0.2) is 17.3 Å². The SMILES string of the molecule is CNC(=O)[C@@]12C[C@@H]1[C@@H](n1cnc3c(NCC(F)F)nc(-c4cn[nH]n4)nc31)[C@H](O)[C@@H]2O. The summed E-state index contributed by atoms with van der Waals surface area (Å²) in [6.45, 7) is -0.648. The Hall–Kier alpha value is -3.26. The number of amides is 1. The van der Waals surface area contributed by atoms with E-state index in [4.69, 9.17) is 0 Å². The number of aliphatic hydroxyl groups excluding tert-OH is 2. The van der Waals surface area contributed by atoms with Gasteiger partial charge in [-0.05, 0) is 6.42 Å². The normalized spacial score (nSPS) is 29.4. The lowest BCUT2D eigenvalue weighted by atomic mass is 9.98. The first kappa shape index (κ1) is 19.7. The molecule has 0 aromatic carbocycles. The van der Waals surface area contributed by atoms with Crippen LogP contribution >= 0.6 is 0 Å². The molecule has 5 rings (SSSR count). The number of halogens is 2. The number of nitrogens with zero attached hydrogens (tertiary/aromatic N) is 6. The van der Waals surface area contributed by atoms with Crippen molar-refractivity contribution in [1.82, 2.24) is 40.2 Å². The second-order valence-electron chi connectivity index (χ2n) is 7.70. The molecule has 31 heavy (non-hydrogen) atoms. The zero-order chi connectivity index (χ0) is 21.9. The van der Waals surface area contributed by atoms with Crippen LogP contribution in [0.4, 0.5) is 14.6 Å². The van der Waals surface area contributed by atoms with Crippen molar-refractivity contribution in [2.24, 2.45) is 11.3 Å². The summed E-state index contributed by atoms with van der Waals surface area (Å²) < 4.78 is 27.1. The van der Waals surface area contributed by atoms with Gasteiger partial charge >= 0.3 is 0 Å². The smallest absolute Gasteiger partial charge is 0.255 e. The fourth-order valence-electron chi connectivity index (χ4n) is 4.64. The van der Waals surface area contributed by atoms with Gasteiger partial charge in [0.1, 0.15) is 17.3 Å². The predicted molar refractivity (Wildman–Crippen MR) is 101 cm³/mol. The minimum atomic E-state index is -2.62. The fraction of sp³-hybridized carbons (Fsp3) is 0.529. The molecule has 2 aliphatic rings. The van der Waals surface area contributed by atoms with Crippen LogP contribution in [0.15, 0.2) is 12.5 Å². The van der Waals surface area contributed by atoms with Crippen molar-refractivity contribution in [3.8, 4) is 11.5 Å². The third-order valence-electron chi connectivity index (χ3n) is 6.13. The molecular formula is C17H19F2N9O3. The van der Waals surface area contributed by atoms with E-state index in [1.807, 2.05) is 0 Å². The van der Waals surface area contributed by atoms with Crippen LogP contribution in [0.5, 0.6) is 0 Å². The van der Waals surface area contributed by atoms with Gasteiger partial charge in [0.2, 0.25) is 5.91 Å². The van der Waals surface area contributed by atoms with Crippen LogP contribution < -0.4 is 10.6 Å². The molecule has 12 nitrogen and oxygen atoms in total. The number of aromatic nitrogens is 7. The fourth-order valence-corrected chi connectivity index (χ4v) is 4.64. The monoisotopic (exact) mass is 435 g/mol. The van der Waals surface area contributed by atoms with Crippen LogP contribution in [0.25, 0.3) is 22.7 Å². The maximum absolute atomic E-state index is 12.8. The van der Waals surface area contributed by atoms with E-state index in [-0.39, 0.29) is 40.3 Å². The average Bonchev–Trinajstić information content (AvgIpc) is 3.08. The van der Waals surface area contributed by atoms with Crippen molar-refractivity contribution in [2.45, 2.75) is 31.1 Å². The van der Waals surface area contributed by atoms with Gasteiger partial charge in [0.05, 0.1) is 36.6 Å². The Morgan fingerprint density at radius 1 is 1.42 bits per heavy atom. The number of anilines is 1. The van der Waals surface area contributed by atoms with Crippen molar-refractivity contribution >= 4 is 22.9 Å². The summed E-state index contributed by atoms with van der Waals surface area (Å²) in [5.74, 6) is -0.490.